The summed E-state index contributed by atoms with van der Waals surface area (Å²) in [6, 6.07) is 17.9. The van der Waals surface area contributed by atoms with E-state index in [-0.39, 0.29) is 28.3 Å². The number of aliphatic hydroxyl groups excluding tert-OH is 1. The van der Waals surface area contributed by atoms with Crippen molar-refractivity contribution in [1.82, 2.24) is 10.2 Å². The second-order valence-corrected chi connectivity index (χ2v) is 12.0. The number of fused-ring (bicyclic) bond motifs is 1. The van der Waals surface area contributed by atoms with Crippen LogP contribution in [0.3, 0.4) is 0 Å². The third-order valence-corrected chi connectivity index (χ3v) is 9.18. The molecular formula is C29H22ClN3O5S2. The average molecular weight is 592 g/mol. The predicted octanol–water partition coefficient (Wildman–Crippen LogP) is 6.14. The monoisotopic (exact) mass is 591 g/mol. The van der Waals surface area contributed by atoms with E-state index in [1.54, 1.807) is 30.3 Å². The Bertz CT molecular complexity index is 1690. The van der Waals surface area contributed by atoms with Crippen LogP contribution in [-0.4, -0.2) is 38.2 Å². The number of phenolic OH excluding ortho intramolecular Hbond substituents is 1. The smallest absolute Gasteiger partial charge is 0.301 e. The van der Waals surface area contributed by atoms with Crippen LogP contribution in [0.1, 0.15) is 35.2 Å². The molecule has 0 spiro atoms. The van der Waals surface area contributed by atoms with E-state index in [0.717, 1.165) is 28.2 Å². The molecule has 1 saturated heterocycles. The maximum atomic E-state index is 13.5. The minimum absolute atomic E-state index is 0.00709. The highest BCUT2D eigenvalue weighted by atomic mass is 35.5. The molecule has 2 N–H and O–H groups in total. The quantitative estimate of drug-likeness (QED) is 0.0904. The fourth-order valence-corrected chi connectivity index (χ4v) is 7.03. The van der Waals surface area contributed by atoms with E-state index in [2.05, 4.69) is 10.2 Å². The van der Waals surface area contributed by atoms with Crippen LogP contribution in [-0.2, 0) is 21.8 Å². The van der Waals surface area contributed by atoms with Crippen LogP contribution in [0.2, 0.25) is 5.02 Å². The fraction of sp³-hybridized carbons (Fsp3) is 0.172. The number of ketones is 1. The van der Waals surface area contributed by atoms with Gasteiger partial charge in [-0.3, -0.25) is 14.5 Å². The highest BCUT2D eigenvalue weighted by Crippen LogP contribution is 2.45. The standard InChI is InChI=1S/C29H22ClN3O5S2/c1-15-11-19-12-17(9-10-22(19)38-15)25(35)23-24(16-6-4-7-20(34)13-16)33(27(37)26(23)36)28-31-32-29(40-28)39-14-18-5-2-3-8-21(18)30/h2-10,12-13,15,24,34-35H,11,14H2,1H3/b25-23+/t15-,24-/m0/s1. The van der Waals surface area contributed by atoms with Crippen molar-refractivity contribution in [2.45, 2.75) is 35.6 Å². The van der Waals surface area contributed by atoms with Crippen molar-refractivity contribution in [2.24, 2.45) is 0 Å². The molecule has 202 valence electrons. The van der Waals surface area contributed by atoms with Crippen molar-refractivity contribution in [3.63, 3.8) is 0 Å². The number of hydrogen-bond donors (Lipinski definition) is 2. The molecule has 0 bridgehead atoms. The summed E-state index contributed by atoms with van der Waals surface area (Å²) in [5.74, 6) is -0.772. The van der Waals surface area contributed by atoms with Crippen LogP contribution < -0.4 is 9.64 Å². The molecule has 0 radical (unpaired) electrons. The van der Waals surface area contributed by atoms with Gasteiger partial charge in [0.15, 0.2) is 4.34 Å². The number of carbonyl (C=O) groups excluding carboxylic acids is 2. The van der Waals surface area contributed by atoms with Crippen molar-refractivity contribution in [1.29, 1.82) is 0 Å². The number of amides is 1. The van der Waals surface area contributed by atoms with E-state index < -0.39 is 17.7 Å². The number of halogens is 1. The summed E-state index contributed by atoms with van der Waals surface area (Å²) < 4.78 is 6.35. The van der Waals surface area contributed by atoms with Gasteiger partial charge in [0, 0.05) is 22.8 Å². The molecule has 4 aromatic rings. The summed E-state index contributed by atoms with van der Waals surface area (Å²) in [4.78, 5) is 28.1. The molecule has 2 aliphatic heterocycles. The molecule has 0 saturated carbocycles. The number of phenols is 1. The number of anilines is 1. The van der Waals surface area contributed by atoms with Crippen molar-refractivity contribution in [3.8, 4) is 11.5 Å². The Morgan fingerprint density at radius 3 is 2.75 bits per heavy atom. The van der Waals surface area contributed by atoms with Gasteiger partial charge < -0.3 is 14.9 Å². The van der Waals surface area contributed by atoms with Crippen molar-refractivity contribution >= 4 is 57.3 Å². The topological polar surface area (TPSA) is 113 Å². The van der Waals surface area contributed by atoms with E-state index >= 15 is 0 Å². The summed E-state index contributed by atoms with van der Waals surface area (Å²) in [6.45, 7) is 1.95. The van der Waals surface area contributed by atoms with Gasteiger partial charge in [0.05, 0.1) is 11.6 Å². The molecule has 8 nitrogen and oxygen atoms in total. The van der Waals surface area contributed by atoms with Gasteiger partial charge in [-0.15, -0.1) is 10.2 Å². The Labute approximate surface area is 242 Å². The summed E-state index contributed by atoms with van der Waals surface area (Å²) in [5.41, 5.74) is 2.58. The average Bonchev–Trinajstić information content (AvgIpc) is 3.63. The third-order valence-electron chi connectivity index (χ3n) is 6.71. The summed E-state index contributed by atoms with van der Waals surface area (Å²) in [7, 11) is 0. The number of aromatic nitrogens is 2. The first-order valence-electron chi connectivity index (χ1n) is 12.4. The number of thioether (sulfide) groups is 1. The summed E-state index contributed by atoms with van der Waals surface area (Å²) >= 11 is 8.84. The largest absolute Gasteiger partial charge is 0.508 e. The minimum atomic E-state index is -1.02. The molecule has 6 rings (SSSR count). The van der Waals surface area contributed by atoms with Gasteiger partial charge in [-0.25, -0.2) is 0 Å². The van der Waals surface area contributed by atoms with Crippen LogP contribution in [0.15, 0.2) is 76.6 Å². The first kappa shape index (κ1) is 26.4. The highest BCUT2D eigenvalue weighted by Gasteiger charge is 2.48. The highest BCUT2D eigenvalue weighted by molar-refractivity contribution is 8.00. The van der Waals surface area contributed by atoms with Gasteiger partial charge in [0.25, 0.3) is 5.78 Å². The van der Waals surface area contributed by atoms with Gasteiger partial charge >= 0.3 is 5.91 Å². The minimum Gasteiger partial charge on any atom is -0.508 e. The van der Waals surface area contributed by atoms with Gasteiger partial charge in [0.1, 0.15) is 23.4 Å². The lowest BCUT2D eigenvalue weighted by Gasteiger charge is -2.22. The number of nitrogens with zero attached hydrogens (tertiary/aromatic N) is 3. The number of aromatic hydroxyl groups is 1. The zero-order chi connectivity index (χ0) is 28.0. The second kappa shape index (κ2) is 10.6. The van der Waals surface area contributed by atoms with Gasteiger partial charge in [-0.1, -0.05) is 65.0 Å². The van der Waals surface area contributed by atoms with E-state index in [1.165, 1.54) is 28.8 Å². The lowest BCUT2D eigenvalue weighted by atomic mass is 9.94. The lowest BCUT2D eigenvalue weighted by Crippen LogP contribution is -2.29. The van der Waals surface area contributed by atoms with Crippen molar-refractivity contribution in [3.05, 3.63) is 99.6 Å². The Balaban J connectivity index is 1.39. The van der Waals surface area contributed by atoms with Gasteiger partial charge in [-0.05, 0) is 60.0 Å². The molecule has 3 heterocycles. The number of aliphatic hydroxyl groups is 1. The zero-order valence-electron chi connectivity index (χ0n) is 21.1. The van der Waals surface area contributed by atoms with Crippen molar-refractivity contribution in [2.75, 3.05) is 4.90 Å². The number of Topliss-reactive ketones (excluding diaryl/α,β-unsaturated/α-hetero) is 1. The SMILES string of the molecule is C[C@H]1Cc2cc(/C(O)=C3\C(=O)C(=O)N(c4nnc(SCc5ccccc5Cl)s4)[C@H]3c3cccc(O)c3)ccc2O1. The first-order chi connectivity index (χ1) is 19.3. The third kappa shape index (κ3) is 4.83. The van der Waals surface area contributed by atoms with Crippen LogP contribution in [0.4, 0.5) is 5.13 Å². The van der Waals surface area contributed by atoms with Crippen LogP contribution in [0.25, 0.3) is 5.76 Å². The lowest BCUT2D eigenvalue weighted by molar-refractivity contribution is -0.132. The first-order valence-corrected chi connectivity index (χ1v) is 14.6. The number of carbonyl (C=O) groups is 2. The van der Waals surface area contributed by atoms with E-state index in [9.17, 15) is 19.8 Å². The summed E-state index contributed by atoms with van der Waals surface area (Å²) in [6.07, 6.45) is 0.674. The Hall–Kier alpha value is -3.86. The van der Waals surface area contributed by atoms with Gasteiger partial charge in [-0.2, -0.15) is 0 Å². The normalized spacial score (nSPS) is 19.6. The van der Waals surface area contributed by atoms with Crippen molar-refractivity contribution < 1.29 is 24.5 Å². The predicted molar refractivity (Wildman–Crippen MR) is 154 cm³/mol. The number of ether oxygens (including phenoxy) is 1. The maximum absolute atomic E-state index is 13.5. The van der Waals surface area contributed by atoms with Crippen LogP contribution >= 0.6 is 34.7 Å². The van der Waals surface area contributed by atoms with E-state index in [1.807, 2.05) is 31.2 Å². The zero-order valence-corrected chi connectivity index (χ0v) is 23.5. The Morgan fingerprint density at radius 1 is 1.12 bits per heavy atom. The molecule has 2 aliphatic rings. The molecule has 1 aromatic heterocycles. The maximum Gasteiger partial charge on any atom is 0.301 e. The molecule has 1 amide bonds. The van der Waals surface area contributed by atoms with E-state index in [0.29, 0.717) is 32.7 Å². The molecule has 11 heteroatoms. The molecule has 0 aliphatic carbocycles. The van der Waals surface area contributed by atoms with E-state index in [4.69, 9.17) is 16.3 Å². The molecule has 3 aromatic carbocycles. The summed E-state index contributed by atoms with van der Waals surface area (Å²) in [5, 5.41) is 30.9. The Morgan fingerprint density at radius 2 is 1.95 bits per heavy atom. The number of benzene rings is 3. The molecular weight excluding hydrogens is 570 g/mol. The number of rotatable bonds is 6. The van der Waals surface area contributed by atoms with Crippen LogP contribution in [0, 0.1) is 0 Å². The molecule has 1 fully saturated rings. The van der Waals surface area contributed by atoms with Gasteiger partial charge in [0.2, 0.25) is 5.13 Å². The van der Waals surface area contributed by atoms with Crippen LogP contribution in [0.5, 0.6) is 11.5 Å². The second-order valence-electron chi connectivity index (χ2n) is 9.45. The molecule has 0 unspecified atom stereocenters. The molecule has 40 heavy (non-hydrogen) atoms. The fourth-order valence-electron chi connectivity index (χ4n) is 4.88. The Kier molecular flexibility index (Phi) is 6.99. The molecule has 2 atom stereocenters. The number of hydrogen-bond acceptors (Lipinski definition) is 9.